The van der Waals surface area contributed by atoms with Crippen LogP contribution in [0.3, 0.4) is 0 Å². The first kappa shape index (κ1) is 11.5. The fourth-order valence-electron chi connectivity index (χ4n) is 2.32. The predicted octanol–water partition coefficient (Wildman–Crippen LogP) is 1.86. The van der Waals surface area contributed by atoms with Gasteiger partial charge in [0.25, 0.3) is 0 Å². The second-order valence-corrected chi connectivity index (χ2v) is 5.14. The van der Waals surface area contributed by atoms with Gasteiger partial charge in [0, 0.05) is 6.20 Å². The molecule has 0 spiro atoms. The van der Waals surface area contributed by atoms with E-state index >= 15 is 0 Å². The summed E-state index contributed by atoms with van der Waals surface area (Å²) in [4.78, 5) is 2.37. The smallest absolute Gasteiger partial charge is 0.0879 e. The fraction of sp³-hybridized carbons (Fsp3) is 0.750. The summed E-state index contributed by atoms with van der Waals surface area (Å²) in [5, 5.41) is 4.63. The highest BCUT2D eigenvalue weighted by Gasteiger charge is 2.20. The number of piperidine rings is 1. The zero-order valence-electron chi connectivity index (χ0n) is 10.5. The van der Waals surface area contributed by atoms with E-state index in [0.29, 0.717) is 12.0 Å². The minimum atomic E-state index is 0.410. The van der Waals surface area contributed by atoms with Crippen molar-refractivity contribution in [3.8, 4) is 0 Å². The lowest BCUT2D eigenvalue weighted by molar-refractivity contribution is 0.212. The van der Waals surface area contributed by atoms with Gasteiger partial charge in [-0.3, -0.25) is 4.68 Å². The lowest BCUT2D eigenvalue weighted by Crippen LogP contribution is -2.31. The SMILES string of the molecule is CC(C)c1nn(C2CCN(C)CC2)cc1N. The third kappa shape index (κ3) is 2.21. The number of nitrogens with two attached hydrogens (primary N) is 1. The number of likely N-dealkylation sites (tertiary alicyclic amines) is 1. The lowest BCUT2D eigenvalue weighted by atomic mass is 10.1. The maximum absolute atomic E-state index is 5.98. The molecule has 0 unspecified atom stereocenters. The zero-order valence-corrected chi connectivity index (χ0v) is 10.5. The average molecular weight is 222 g/mol. The second kappa shape index (κ2) is 4.45. The fourth-order valence-corrected chi connectivity index (χ4v) is 2.32. The molecule has 0 aliphatic carbocycles. The van der Waals surface area contributed by atoms with Crippen LogP contribution in [0.2, 0.25) is 0 Å². The number of nitrogens with zero attached hydrogens (tertiary/aromatic N) is 3. The van der Waals surface area contributed by atoms with Gasteiger partial charge in [-0.05, 0) is 38.9 Å². The molecule has 4 nitrogen and oxygen atoms in total. The Hall–Kier alpha value is -1.03. The van der Waals surface area contributed by atoms with Gasteiger partial charge in [0.05, 0.1) is 17.4 Å². The second-order valence-electron chi connectivity index (χ2n) is 5.14. The molecule has 2 heterocycles. The van der Waals surface area contributed by atoms with Crippen LogP contribution in [-0.2, 0) is 0 Å². The van der Waals surface area contributed by atoms with E-state index in [1.807, 2.05) is 6.20 Å². The molecule has 0 radical (unpaired) electrons. The number of rotatable bonds is 2. The minimum absolute atomic E-state index is 0.410. The van der Waals surface area contributed by atoms with Crippen molar-refractivity contribution in [2.24, 2.45) is 0 Å². The average Bonchev–Trinajstić information content (AvgIpc) is 2.61. The first-order chi connectivity index (χ1) is 7.58. The minimum Gasteiger partial charge on any atom is -0.396 e. The Morgan fingerprint density at radius 1 is 1.38 bits per heavy atom. The molecule has 2 rings (SSSR count). The molecular weight excluding hydrogens is 200 g/mol. The van der Waals surface area contributed by atoms with Crippen molar-refractivity contribution in [3.63, 3.8) is 0 Å². The number of nitrogen functional groups attached to an aromatic ring is 1. The maximum atomic E-state index is 5.98. The van der Waals surface area contributed by atoms with Crippen molar-refractivity contribution in [3.05, 3.63) is 11.9 Å². The zero-order chi connectivity index (χ0) is 11.7. The molecule has 0 saturated carbocycles. The van der Waals surface area contributed by atoms with Crippen molar-refractivity contribution >= 4 is 5.69 Å². The van der Waals surface area contributed by atoms with Crippen LogP contribution in [0.1, 0.15) is 44.3 Å². The lowest BCUT2D eigenvalue weighted by Gasteiger charge is -2.29. The molecule has 1 fully saturated rings. The normalized spacial score (nSPS) is 19.5. The standard InChI is InChI=1S/C12H22N4/c1-9(2)12-11(13)8-16(14-12)10-4-6-15(3)7-5-10/h8-10H,4-7,13H2,1-3H3. The van der Waals surface area contributed by atoms with E-state index in [2.05, 4.69) is 35.6 Å². The van der Waals surface area contributed by atoms with Crippen molar-refractivity contribution in [2.75, 3.05) is 25.9 Å². The predicted molar refractivity (Wildman–Crippen MR) is 66.5 cm³/mol. The van der Waals surface area contributed by atoms with E-state index in [9.17, 15) is 0 Å². The van der Waals surface area contributed by atoms with Crippen molar-refractivity contribution in [1.29, 1.82) is 0 Å². The Balaban J connectivity index is 2.12. The summed E-state index contributed by atoms with van der Waals surface area (Å²) in [5.74, 6) is 0.410. The van der Waals surface area contributed by atoms with Gasteiger partial charge in [0.2, 0.25) is 0 Å². The van der Waals surface area contributed by atoms with Crippen molar-refractivity contribution < 1.29 is 0 Å². The molecule has 90 valence electrons. The molecule has 2 N–H and O–H groups in total. The van der Waals surface area contributed by atoms with Gasteiger partial charge in [0.1, 0.15) is 0 Å². The Kier molecular flexibility index (Phi) is 3.19. The van der Waals surface area contributed by atoms with Crippen LogP contribution in [0.4, 0.5) is 5.69 Å². The van der Waals surface area contributed by atoms with Crippen LogP contribution < -0.4 is 5.73 Å². The first-order valence-electron chi connectivity index (χ1n) is 6.11. The van der Waals surface area contributed by atoms with Gasteiger partial charge in [-0.2, -0.15) is 5.10 Å². The van der Waals surface area contributed by atoms with Gasteiger partial charge in [-0.25, -0.2) is 0 Å². The monoisotopic (exact) mass is 222 g/mol. The van der Waals surface area contributed by atoms with E-state index in [4.69, 9.17) is 5.73 Å². The van der Waals surface area contributed by atoms with E-state index in [0.717, 1.165) is 24.5 Å². The van der Waals surface area contributed by atoms with Gasteiger partial charge in [-0.1, -0.05) is 13.8 Å². The summed E-state index contributed by atoms with van der Waals surface area (Å²) in [5.41, 5.74) is 7.86. The molecule has 4 heteroatoms. The molecule has 1 aliphatic rings. The highest BCUT2D eigenvalue weighted by molar-refractivity contribution is 5.42. The van der Waals surface area contributed by atoms with Crippen molar-refractivity contribution in [2.45, 2.75) is 38.6 Å². The summed E-state index contributed by atoms with van der Waals surface area (Å²) >= 11 is 0. The largest absolute Gasteiger partial charge is 0.396 e. The molecule has 1 saturated heterocycles. The molecule has 0 atom stereocenters. The van der Waals surface area contributed by atoms with Crippen molar-refractivity contribution in [1.82, 2.24) is 14.7 Å². The maximum Gasteiger partial charge on any atom is 0.0879 e. The third-order valence-electron chi connectivity index (χ3n) is 3.40. The number of anilines is 1. The van der Waals surface area contributed by atoms with Gasteiger partial charge >= 0.3 is 0 Å². The summed E-state index contributed by atoms with van der Waals surface area (Å²) < 4.78 is 2.08. The van der Waals surface area contributed by atoms with Gasteiger partial charge in [0.15, 0.2) is 0 Å². The number of aromatic nitrogens is 2. The van der Waals surface area contributed by atoms with E-state index < -0.39 is 0 Å². The van der Waals surface area contributed by atoms with Crippen LogP contribution in [0.25, 0.3) is 0 Å². The summed E-state index contributed by atoms with van der Waals surface area (Å²) in [6, 6.07) is 0.533. The Morgan fingerprint density at radius 3 is 2.50 bits per heavy atom. The quantitative estimate of drug-likeness (QED) is 0.830. The van der Waals surface area contributed by atoms with E-state index in [-0.39, 0.29) is 0 Å². The highest BCUT2D eigenvalue weighted by atomic mass is 15.3. The number of hydrogen-bond donors (Lipinski definition) is 1. The van der Waals surface area contributed by atoms with Crippen LogP contribution in [0.5, 0.6) is 0 Å². The molecule has 0 amide bonds. The van der Waals surface area contributed by atoms with E-state index in [1.54, 1.807) is 0 Å². The topological polar surface area (TPSA) is 47.1 Å². The van der Waals surface area contributed by atoms with Crippen LogP contribution >= 0.6 is 0 Å². The first-order valence-corrected chi connectivity index (χ1v) is 6.11. The summed E-state index contributed by atoms with van der Waals surface area (Å²) in [7, 11) is 2.17. The molecule has 16 heavy (non-hydrogen) atoms. The van der Waals surface area contributed by atoms with E-state index in [1.165, 1.54) is 12.8 Å². The highest BCUT2D eigenvalue weighted by Crippen LogP contribution is 2.26. The van der Waals surface area contributed by atoms with Crippen LogP contribution in [0, 0.1) is 0 Å². The van der Waals surface area contributed by atoms with Crippen LogP contribution in [0.15, 0.2) is 6.20 Å². The molecule has 1 aromatic heterocycles. The Labute approximate surface area is 97.4 Å². The Morgan fingerprint density at radius 2 is 2.00 bits per heavy atom. The molecular formula is C12H22N4. The Bertz CT molecular complexity index is 348. The third-order valence-corrected chi connectivity index (χ3v) is 3.40. The van der Waals surface area contributed by atoms with Gasteiger partial charge in [-0.15, -0.1) is 0 Å². The summed E-state index contributed by atoms with van der Waals surface area (Å²) in [6.07, 6.45) is 4.36. The van der Waals surface area contributed by atoms with Crippen LogP contribution in [-0.4, -0.2) is 34.8 Å². The molecule has 1 aromatic rings. The molecule has 1 aliphatic heterocycles. The molecule has 0 aromatic carbocycles. The number of hydrogen-bond acceptors (Lipinski definition) is 3. The van der Waals surface area contributed by atoms with Gasteiger partial charge < -0.3 is 10.6 Å². The summed E-state index contributed by atoms with van der Waals surface area (Å²) in [6.45, 7) is 6.58. The molecule has 0 bridgehead atoms.